The first-order valence-corrected chi connectivity index (χ1v) is 9.50. The Hall–Kier alpha value is 0.0169. The van der Waals surface area contributed by atoms with E-state index in [1.165, 1.54) is 19.3 Å². The summed E-state index contributed by atoms with van der Waals surface area (Å²) < 4.78 is 17.5. The van der Waals surface area contributed by atoms with Gasteiger partial charge in [-0.05, 0) is 40.2 Å². The Morgan fingerprint density at radius 2 is 1.37 bits per heavy atom. The van der Waals surface area contributed by atoms with E-state index in [4.69, 9.17) is 19.0 Å². The van der Waals surface area contributed by atoms with Gasteiger partial charge in [0, 0.05) is 32.5 Å². The molecule has 0 atom stereocenters. The average molecular weight is 292 g/mol. The lowest BCUT2D eigenvalue weighted by atomic mass is 10.2. The van der Waals surface area contributed by atoms with Crippen LogP contribution in [0.3, 0.4) is 0 Å². The molecule has 0 aromatic rings. The lowest BCUT2D eigenvalue weighted by molar-refractivity contribution is 0.0706. The minimum Gasteiger partial charge on any atom is -0.374 e. The summed E-state index contributed by atoms with van der Waals surface area (Å²) in [6, 6.07) is 0.923. The van der Waals surface area contributed by atoms with Crippen LogP contribution in [-0.4, -0.2) is 41.8 Å². The lowest BCUT2D eigenvalue weighted by Gasteiger charge is -2.28. The molecule has 5 nitrogen and oxygen atoms in total. The SMILES string of the molecule is CCO[Si](CCCCCCNCN)(OCC)OCC. The minimum absolute atomic E-state index is 0.565. The Kier molecular flexibility index (Phi) is 13.0. The fraction of sp³-hybridized carbons (Fsp3) is 1.00. The summed E-state index contributed by atoms with van der Waals surface area (Å²) in [5.74, 6) is 0. The van der Waals surface area contributed by atoms with E-state index in [-0.39, 0.29) is 0 Å². The summed E-state index contributed by atoms with van der Waals surface area (Å²) in [6.45, 7) is 9.54. The third-order valence-electron chi connectivity index (χ3n) is 2.82. The molecule has 6 heteroatoms. The molecule has 0 unspecified atom stereocenters. The van der Waals surface area contributed by atoms with Crippen molar-refractivity contribution in [1.82, 2.24) is 5.32 Å². The Bertz CT molecular complexity index is 180. The molecule has 0 saturated heterocycles. The first-order valence-electron chi connectivity index (χ1n) is 7.57. The molecule has 0 heterocycles. The van der Waals surface area contributed by atoms with E-state index < -0.39 is 8.80 Å². The number of hydrogen-bond donors (Lipinski definition) is 2. The molecule has 0 rings (SSSR count). The number of unbranched alkanes of at least 4 members (excludes halogenated alkanes) is 3. The van der Waals surface area contributed by atoms with Gasteiger partial charge in [-0.1, -0.05) is 12.8 Å². The first kappa shape index (κ1) is 19.0. The predicted octanol–water partition coefficient (Wildman–Crippen LogP) is 2.10. The maximum atomic E-state index is 5.82. The second-order valence-corrected chi connectivity index (χ2v) is 7.08. The first-order chi connectivity index (χ1) is 9.24. The summed E-state index contributed by atoms with van der Waals surface area (Å²) in [4.78, 5) is 0. The Labute approximate surface area is 119 Å². The van der Waals surface area contributed by atoms with Gasteiger partial charge in [-0.15, -0.1) is 0 Å². The molecule has 0 bridgehead atoms. The zero-order chi connectivity index (χ0) is 14.4. The molecule has 0 aliphatic rings. The molecule has 19 heavy (non-hydrogen) atoms. The number of nitrogens with two attached hydrogens (primary N) is 1. The molecule has 116 valence electrons. The molecule has 0 aromatic carbocycles. The van der Waals surface area contributed by atoms with E-state index in [1.54, 1.807) is 0 Å². The van der Waals surface area contributed by atoms with E-state index in [0.29, 0.717) is 26.5 Å². The van der Waals surface area contributed by atoms with Gasteiger partial charge in [0.1, 0.15) is 0 Å². The topological polar surface area (TPSA) is 65.7 Å². The molecular weight excluding hydrogens is 260 g/mol. The maximum Gasteiger partial charge on any atom is 0.500 e. The van der Waals surface area contributed by atoms with Gasteiger partial charge in [0.2, 0.25) is 0 Å². The fourth-order valence-corrected chi connectivity index (χ4v) is 4.73. The van der Waals surface area contributed by atoms with Crippen LogP contribution in [-0.2, 0) is 13.3 Å². The molecule has 0 amide bonds. The predicted molar refractivity (Wildman–Crippen MR) is 81.0 cm³/mol. The molecule has 0 saturated carbocycles. The van der Waals surface area contributed by atoms with Crippen molar-refractivity contribution in [3.63, 3.8) is 0 Å². The highest BCUT2D eigenvalue weighted by molar-refractivity contribution is 6.60. The van der Waals surface area contributed by atoms with Crippen molar-refractivity contribution in [2.75, 3.05) is 33.0 Å². The van der Waals surface area contributed by atoms with Gasteiger partial charge in [0.25, 0.3) is 0 Å². The van der Waals surface area contributed by atoms with E-state index in [9.17, 15) is 0 Å². The number of hydrogen-bond acceptors (Lipinski definition) is 5. The van der Waals surface area contributed by atoms with Gasteiger partial charge in [0.05, 0.1) is 0 Å². The van der Waals surface area contributed by atoms with Crippen LogP contribution >= 0.6 is 0 Å². The van der Waals surface area contributed by atoms with E-state index >= 15 is 0 Å². The molecule has 0 spiro atoms. The normalized spacial score (nSPS) is 12.0. The van der Waals surface area contributed by atoms with Gasteiger partial charge in [-0.2, -0.15) is 0 Å². The molecule has 0 radical (unpaired) electrons. The minimum atomic E-state index is -2.41. The number of nitrogens with one attached hydrogen (secondary N) is 1. The Balaban J connectivity index is 3.89. The lowest BCUT2D eigenvalue weighted by Crippen LogP contribution is -2.45. The van der Waals surface area contributed by atoms with Crippen molar-refractivity contribution in [2.24, 2.45) is 5.73 Å². The third-order valence-corrected chi connectivity index (χ3v) is 5.98. The smallest absolute Gasteiger partial charge is 0.374 e. The van der Waals surface area contributed by atoms with Crippen molar-refractivity contribution < 1.29 is 13.3 Å². The standard InChI is InChI=1S/C13H32N2O3Si/c1-4-16-19(17-5-2,18-6-3)12-10-8-7-9-11-15-13-14/h15H,4-14H2,1-3H3. The van der Waals surface area contributed by atoms with Gasteiger partial charge in [-0.3, -0.25) is 0 Å². The van der Waals surface area contributed by atoms with Gasteiger partial charge < -0.3 is 24.3 Å². The summed E-state index contributed by atoms with van der Waals surface area (Å²) in [7, 11) is -2.41. The van der Waals surface area contributed by atoms with Gasteiger partial charge >= 0.3 is 8.80 Å². The van der Waals surface area contributed by atoms with Crippen molar-refractivity contribution in [3.8, 4) is 0 Å². The van der Waals surface area contributed by atoms with Gasteiger partial charge in [0.15, 0.2) is 0 Å². The van der Waals surface area contributed by atoms with E-state index in [0.717, 1.165) is 19.0 Å². The van der Waals surface area contributed by atoms with E-state index in [1.807, 2.05) is 20.8 Å². The molecular formula is C13H32N2O3Si. The summed E-state index contributed by atoms with van der Waals surface area (Å²) in [6.07, 6.45) is 4.68. The van der Waals surface area contributed by atoms with Crippen LogP contribution in [0.15, 0.2) is 0 Å². The molecule has 0 aliphatic heterocycles. The zero-order valence-electron chi connectivity index (χ0n) is 12.9. The second-order valence-electron chi connectivity index (χ2n) is 4.35. The summed E-state index contributed by atoms with van der Waals surface area (Å²) in [5, 5.41) is 3.13. The highest BCUT2D eigenvalue weighted by atomic mass is 28.4. The third kappa shape index (κ3) is 9.54. The maximum absolute atomic E-state index is 5.82. The van der Waals surface area contributed by atoms with Crippen LogP contribution < -0.4 is 11.1 Å². The van der Waals surface area contributed by atoms with Gasteiger partial charge in [-0.25, -0.2) is 0 Å². The van der Waals surface area contributed by atoms with Crippen molar-refractivity contribution in [1.29, 1.82) is 0 Å². The van der Waals surface area contributed by atoms with Crippen LogP contribution in [0.2, 0.25) is 6.04 Å². The highest BCUT2D eigenvalue weighted by Gasteiger charge is 2.39. The Morgan fingerprint density at radius 1 is 0.842 bits per heavy atom. The van der Waals surface area contributed by atoms with E-state index in [2.05, 4.69) is 5.32 Å². The van der Waals surface area contributed by atoms with Crippen LogP contribution in [0.4, 0.5) is 0 Å². The average Bonchev–Trinajstić information content (AvgIpc) is 2.39. The Morgan fingerprint density at radius 3 is 1.84 bits per heavy atom. The highest BCUT2D eigenvalue weighted by Crippen LogP contribution is 2.20. The zero-order valence-corrected chi connectivity index (χ0v) is 13.9. The van der Waals surface area contributed by atoms with Crippen LogP contribution in [0.25, 0.3) is 0 Å². The molecule has 0 aliphatic carbocycles. The monoisotopic (exact) mass is 292 g/mol. The number of rotatable bonds is 14. The van der Waals surface area contributed by atoms with Crippen LogP contribution in [0.5, 0.6) is 0 Å². The summed E-state index contributed by atoms with van der Waals surface area (Å²) in [5.41, 5.74) is 5.37. The fourth-order valence-electron chi connectivity index (χ4n) is 2.05. The summed E-state index contributed by atoms with van der Waals surface area (Å²) >= 11 is 0. The molecule has 0 fully saturated rings. The quantitative estimate of drug-likeness (QED) is 0.292. The van der Waals surface area contributed by atoms with Crippen molar-refractivity contribution in [2.45, 2.75) is 52.5 Å². The molecule has 3 N–H and O–H groups in total. The second kappa shape index (κ2) is 13.0. The van der Waals surface area contributed by atoms with Crippen LogP contribution in [0, 0.1) is 0 Å². The van der Waals surface area contributed by atoms with Crippen molar-refractivity contribution >= 4 is 8.80 Å². The van der Waals surface area contributed by atoms with Crippen molar-refractivity contribution in [3.05, 3.63) is 0 Å². The largest absolute Gasteiger partial charge is 0.500 e. The van der Waals surface area contributed by atoms with Crippen LogP contribution in [0.1, 0.15) is 46.5 Å². The molecule has 0 aromatic heterocycles.